The van der Waals surface area contributed by atoms with Crippen LogP contribution in [0.1, 0.15) is 31.3 Å². The van der Waals surface area contributed by atoms with E-state index >= 15 is 0 Å². The molecule has 1 fully saturated rings. The standard InChI is InChI=1S/C19H27N5O2/c1-2-18-21-9-11-23(18)12-10-22-19(25)24(15-17-7-5-13-26-17)14-16-6-3-4-8-20-16/h3-4,6,8-9,11,17H,2,5,7,10,12-15H2,1H3,(H,22,25)/t17-/m1/s1. The predicted molar refractivity (Wildman–Crippen MR) is 98.6 cm³/mol. The van der Waals surface area contributed by atoms with E-state index < -0.39 is 0 Å². The zero-order chi connectivity index (χ0) is 18.2. The Morgan fingerprint density at radius 1 is 1.38 bits per heavy atom. The average Bonchev–Trinajstić information content (AvgIpc) is 3.33. The van der Waals surface area contributed by atoms with Gasteiger partial charge >= 0.3 is 6.03 Å². The van der Waals surface area contributed by atoms with E-state index in [0.717, 1.165) is 37.4 Å². The molecule has 1 aliphatic rings. The molecule has 0 aromatic carbocycles. The second kappa shape index (κ2) is 9.33. The second-order valence-electron chi connectivity index (χ2n) is 6.46. The third-order valence-electron chi connectivity index (χ3n) is 4.56. The van der Waals surface area contributed by atoms with Crippen molar-refractivity contribution in [3.05, 3.63) is 48.3 Å². The lowest BCUT2D eigenvalue weighted by Crippen LogP contribution is -2.44. The Balaban J connectivity index is 1.56. The van der Waals surface area contributed by atoms with Crippen molar-refractivity contribution >= 4 is 6.03 Å². The first-order chi connectivity index (χ1) is 12.8. The fourth-order valence-electron chi connectivity index (χ4n) is 3.19. The topological polar surface area (TPSA) is 72.3 Å². The van der Waals surface area contributed by atoms with Crippen LogP contribution < -0.4 is 5.32 Å². The molecule has 26 heavy (non-hydrogen) atoms. The minimum absolute atomic E-state index is 0.0793. The van der Waals surface area contributed by atoms with Gasteiger partial charge in [0.2, 0.25) is 0 Å². The zero-order valence-corrected chi connectivity index (χ0v) is 15.3. The number of nitrogens with one attached hydrogen (secondary N) is 1. The van der Waals surface area contributed by atoms with E-state index in [2.05, 4.69) is 26.8 Å². The van der Waals surface area contributed by atoms with Crippen LogP contribution >= 0.6 is 0 Å². The predicted octanol–water partition coefficient (Wildman–Crippen LogP) is 2.23. The van der Waals surface area contributed by atoms with Crippen molar-refractivity contribution in [2.45, 2.75) is 45.4 Å². The van der Waals surface area contributed by atoms with Crippen LogP contribution in [0.15, 0.2) is 36.8 Å². The van der Waals surface area contributed by atoms with Crippen LogP contribution in [0.4, 0.5) is 4.79 Å². The molecule has 0 spiro atoms. The highest BCUT2D eigenvalue weighted by molar-refractivity contribution is 5.74. The van der Waals surface area contributed by atoms with Gasteiger partial charge < -0.3 is 19.5 Å². The van der Waals surface area contributed by atoms with Crippen LogP contribution in [0, 0.1) is 0 Å². The first kappa shape index (κ1) is 18.4. The van der Waals surface area contributed by atoms with E-state index in [4.69, 9.17) is 4.74 Å². The summed E-state index contributed by atoms with van der Waals surface area (Å²) in [6.45, 7) is 5.21. The molecule has 3 rings (SSSR count). The average molecular weight is 357 g/mol. The number of aryl methyl sites for hydroxylation is 1. The lowest BCUT2D eigenvalue weighted by Gasteiger charge is -2.25. The molecule has 2 aromatic heterocycles. The van der Waals surface area contributed by atoms with E-state index in [1.165, 1.54) is 0 Å². The van der Waals surface area contributed by atoms with Crippen LogP contribution in [-0.4, -0.2) is 51.3 Å². The summed E-state index contributed by atoms with van der Waals surface area (Å²) >= 11 is 0. The summed E-state index contributed by atoms with van der Waals surface area (Å²) in [4.78, 5) is 23.2. The number of carbonyl (C=O) groups excluding carboxylic acids is 1. The Hall–Kier alpha value is -2.41. The molecule has 0 radical (unpaired) electrons. The van der Waals surface area contributed by atoms with Crippen LogP contribution in [0.25, 0.3) is 0 Å². The normalized spacial score (nSPS) is 16.6. The second-order valence-corrected chi connectivity index (χ2v) is 6.46. The van der Waals surface area contributed by atoms with E-state index in [0.29, 0.717) is 26.2 Å². The largest absolute Gasteiger partial charge is 0.376 e. The third-order valence-corrected chi connectivity index (χ3v) is 4.56. The molecule has 3 heterocycles. The van der Waals surface area contributed by atoms with Gasteiger partial charge in [0.1, 0.15) is 5.82 Å². The van der Waals surface area contributed by atoms with Gasteiger partial charge in [0.25, 0.3) is 0 Å². The SMILES string of the molecule is CCc1nccn1CCNC(=O)N(Cc1ccccn1)C[C@H]1CCCO1. The number of urea groups is 1. The molecule has 2 aromatic rings. The quantitative estimate of drug-likeness (QED) is 0.786. The highest BCUT2D eigenvalue weighted by atomic mass is 16.5. The number of amides is 2. The fraction of sp³-hybridized carbons (Fsp3) is 0.526. The maximum absolute atomic E-state index is 12.7. The smallest absolute Gasteiger partial charge is 0.317 e. The monoisotopic (exact) mass is 357 g/mol. The van der Waals surface area contributed by atoms with Gasteiger partial charge in [-0.05, 0) is 25.0 Å². The van der Waals surface area contributed by atoms with E-state index in [9.17, 15) is 4.79 Å². The van der Waals surface area contributed by atoms with Gasteiger partial charge in [-0.2, -0.15) is 0 Å². The minimum atomic E-state index is -0.0793. The van der Waals surface area contributed by atoms with Gasteiger partial charge in [-0.3, -0.25) is 4.98 Å². The minimum Gasteiger partial charge on any atom is -0.376 e. The van der Waals surface area contributed by atoms with Gasteiger partial charge in [0.15, 0.2) is 0 Å². The Bertz CT molecular complexity index is 682. The summed E-state index contributed by atoms with van der Waals surface area (Å²) in [6, 6.07) is 5.68. The molecule has 2 amide bonds. The Kier molecular flexibility index (Phi) is 6.60. The molecule has 0 aliphatic carbocycles. The van der Waals surface area contributed by atoms with Crippen molar-refractivity contribution in [2.24, 2.45) is 0 Å². The van der Waals surface area contributed by atoms with Gasteiger partial charge in [-0.25, -0.2) is 9.78 Å². The number of hydrogen-bond donors (Lipinski definition) is 1. The summed E-state index contributed by atoms with van der Waals surface area (Å²) in [5, 5.41) is 3.02. The summed E-state index contributed by atoms with van der Waals surface area (Å²) in [5.74, 6) is 1.03. The maximum Gasteiger partial charge on any atom is 0.317 e. The van der Waals surface area contributed by atoms with Crippen molar-refractivity contribution in [1.82, 2.24) is 24.8 Å². The summed E-state index contributed by atoms with van der Waals surface area (Å²) in [6.07, 6.45) is 8.55. The molecule has 1 aliphatic heterocycles. The Labute approximate surface area is 154 Å². The van der Waals surface area contributed by atoms with Crippen molar-refractivity contribution < 1.29 is 9.53 Å². The lowest BCUT2D eigenvalue weighted by molar-refractivity contribution is 0.0791. The number of nitrogens with zero attached hydrogens (tertiary/aromatic N) is 4. The summed E-state index contributed by atoms with van der Waals surface area (Å²) in [7, 11) is 0. The first-order valence-corrected chi connectivity index (χ1v) is 9.30. The maximum atomic E-state index is 12.7. The molecule has 0 bridgehead atoms. The van der Waals surface area contributed by atoms with Gasteiger partial charge in [-0.1, -0.05) is 13.0 Å². The Morgan fingerprint density at radius 3 is 3.04 bits per heavy atom. The number of imidazole rings is 1. The molecule has 7 heteroatoms. The summed E-state index contributed by atoms with van der Waals surface area (Å²) in [5.41, 5.74) is 0.878. The van der Waals surface area contributed by atoms with Crippen molar-refractivity contribution in [3.8, 4) is 0 Å². The number of hydrogen-bond acceptors (Lipinski definition) is 4. The van der Waals surface area contributed by atoms with Crippen LogP contribution in [0.2, 0.25) is 0 Å². The third kappa shape index (κ3) is 5.05. The lowest BCUT2D eigenvalue weighted by atomic mass is 10.2. The number of pyridine rings is 1. The molecule has 140 valence electrons. The highest BCUT2D eigenvalue weighted by Gasteiger charge is 2.23. The first-order valence-electron chi connectivity index (χ1n) is 9.30. The van der Waals surface area contributed by atoms with E-state index in [-0.39, 0.29) is 12.1 Å². The van der Waals surface area contributed by atoms with Crippen LogP contribution in [-0.2, 0) is 24.2 Å². The molecule has 1 atom stereocenters. The van der Waals surface area contributed by atoms with Crippen LogP contribution in [0.5, 0.6) is 0 Å². The molecular formula is C19H27N5O2. The molecular weight excluding hydrogens is 330 g/mol. The number of carbonyl (C=O) groups is 1. The fourth-order valence-corrected chi connectivity index (χ4v) is 3.19. The van der Waals surface area contributed by atoms with Gasteiger partial charge in [0, 0.05) is 51.3 Å². The van der Waals surface area contributed by atoms with Crippen LogP contribution in [0.3, 0.4) is 0 Å². The van der Waals surface area contributed by atoms with E-state index in [1.54, 1.807) is 17.3 Å². The van der Waals surface area contributed by atoms with Gasteiger partial charge in [0.05, 0.1) is 18.3 Å². The van der Waals surface area contributed by atoms with Gasteiger partial charge in [-0.15, -0.1) is 0 Å². The molecule has 7 nitrogen and oxygen atoms in total. The number of aromatic nitrogens is 3. The highest BCUT2D eigenvalue weighted by Crippen LogP contribution is 2.14. The van der Waals surface area contributed by atoms with Crippen molar-refractivity contribution in [1.29, 1.82) is 0 Å². The molecule has 0 saturated carbocycles. The number of ether oxygens (including phenoxy) is 1. The van der Waals surface area contributed by atoms with E-state index in [1.807, 2.05) is 24.4 Å². The van der Waals surface area contributed by atoms with Crippen molar-refractivity contribution in [3.63, 3.8) is 0 Å². The summed E-state index contributed by atoms with van der Waals surface area (Å²) < 4.78 is 7.78. The Morgan fingerprint density at radius 2 is 2.31 bits per heavy atom. The zero-order valence-electron chi connectivity index (χ0n) is 15.3. The molecule has 1 saturated heterocycles. The van der Waals surface area contributed by atoms with Crippen molar-refractivity contribution in [2.75, 3.05) is 19.7 Å². The molecule has 1 N–H and O–H groups in total. The molecule has 0 unspecified atom stereocenters. The number of rotatable bonds is 8.